The molecule has 120 valence electrons. The van der Waals surface area contributed by atoms with Crippen LogP contribution in [0.1, 0.15) is 15.9 Å². The van der Waals surface area contributed by atoms with E-state index in [2.05, 4.69) is 10.2 Å². The number of rotatable bonds is 4. The van der Waals surface area contributed by atoms with Crippen molar-refractivity contribution in [2.75, 3.05) is 31.2 Å². The molecule has 0 aliphatic carbocycles. The average molecular weight is 314 g/mol. The predicted molar refractivity (Wildman–Crippen MR) is 87.0 cm³/mol. The molecule has 1 aliphatic rings. The van der Waals surface area contributed by atoms with Gasteiger partial charge in [-0.25, -0.2) is 4.39 Å². The quantitative estimate of drug-likeness (QED) is 0.943. The Hall–Kier alpha value is -2.40. The van der Waals surface area contributed by atoms with Crippen LogP contribution in [0, 0.1) is 5.82 Å². The summed E-state index contributed by atoms with van der Waals surface area (Å²) in [5.74, 6) is -0.457. The maximum absolute atomic E-state index is 13.2. The summed E-state index contributed by atoms with van der Waals surface area (Å²) in [6, 6.07) is 13.8. The molecule has 0 aromatic heterocycles. The maximum atomic E-state index is 13.2. The van der Waals surface area contributed by atoms with Crippen molar-refractivity contribution in [1.82, 2.24) is 5.32 Å². The molecule has 1 heterocycles. The zero-order chi connectivity index (χ0) is 16.1. The van der Waals surface area contributed by atoms with Gasteiger partial charge in [-0.2, -0.15) is 0 Å². The number of para-hydroxylation sites is 1. The van der Waals surface area contributed by atoms with Gasteiger partial charge in [0, 0.05) is 25.3 Å². The van der Waals surface area contributed by atoms with Crippen LogP contribution in [0.4, 0.5) is 10.1 Å². The van der Waals surface area contributed by atoms with Crippen LogP contribution in [0.2, 0.25) is 0 Å². The Morgan fingerprint density at radius 1 is 1.13 bits per heavy atom. The Bertz CT molecular complexity index is 684. The summed E-state index contributed by atoms with van der Waals surface area (Å²) in [4.78, 5) is 14.7. The zero-order valence-electron chi connectivity index (χ0n) is 12.8. The summed E-state index contributed by atoms with van der Waals surface area (Å²) in [5.41, 5.74) is 2.28. The van der Waals surface area contributed by atoms with Crippen molar-refractivity contribution in [3.8, 4) is 0 Å². The molecule has 0 spiro atoms. The fourth-order valence-electron chi connectivity index (χ4n) is 2.67. The first-order valence-corrected chi connectivity index (χ1v) is 7.68. The van der Waals surface area contributed by atoms with E-state index < -0.39 is 0 Å². The van der Waals surface area contributed by atoms with Gasteiger partial charge in [0.25, 0.3) is 5.91 Å². The SMILES string of the molecule is O=C(NCc1cccc(F)c1)c1ccccc1N1CCOCC1. The van der Waals surface area contributed by atoms with E-state index in [0.717, 1.165) is 24.3 Å². The molecule has 0 saturated carbocycles. The Labute approximate surface area is 134 Å². The van der Waals surface area contributed by atoms with Crippen molar-refractivity contribution < 1.29 is 13.9 Å². The lowest BCUT2D eigenvalue weighted by molar-refractivity contribution is 0.0949. The summed E-state index contributed by atoms with van der Waals surface area (Å²) in [5, 5.41) is 2.86. The van der Waals surface area contributed by atoms with Crippen LogP contribution < -0.4 is 10.2 Å². The lowest BCUT2D eigenvalue weighted by atomic mass is 10.1. The average Bonchev–Trinajstić information content (AvgIpc) is 2.60. The van der Waals surface area contributed by atoms with Crippen LogP contribution in [0.3, 0.4) is 0 Å². The molecule has 2 aromatic carbocycles. The van der Waals surface area contributed by atoms with Crippen LogP contribution >= 0.6 is 0 Å². The number of halogens is 1. The minimum atomic E-state index is -0.300. The normalized spacial score (nSPS) is 14.6. The number of morpholine rings is 1. The fourth-order valence-corrected chi connectivity index (χ4v) is 2.67. The van der Waals surface area contributed by atoms with E-state index in [1.165, 1.54) is 12.1 Å². The van der Waals surface area contributed by atoms with Crippen molar-refractivity contribution in [3.63, 3.8) is 0 Å². The molecule has 0 bridgehead atoms. The molecule has 4 nitrogen and oxygen atoms in total. The number of hydrogen-bond acceptors (Lipinski definition) is 3. The lowest BCUT2D eigenvalue weighted by Gasteiger charge is -2.30. The van der Waals surface area contributed by atoms with Crippen molar-refractivity contribution in [2.45, 2.75) is 6.54 Å². The molecule has 0 unspecified atom stereocenters. The van der Waals surface area contributed by atoms with Gasteiger partial charge >= 0.3 is 0 Å². The first kappa shape index (κ1) is 15.5. The molecule has 1 saturated heterocycles. The third-order valence-electron chi connectivity index (χ3n) is 3.84. The van der Waals surface area contributed by atoms with E-state index in [0.29, 0.717) is 25.3 Å². The van der Waals surface area contributed by atoms with Gasteiger partial charge in [0.1, 0.15) is 5.82 Å². The Morgan fingerprint density at radius 3 is 2.70 bits per heavy atom. The summed E-state index contributed by atoms with van der Waals surface area (Å²) in [6.07, 6.45) is 0. The van der Waals surface area contributed by atoms with E-state index in [9.17, 15) is 9.18 Å². The molecule has 23 heavy (non-hydrogen) atoms. The van der Waals surface area contributed by atoms with Crippen molar-refractivity contribution in [2.24, 2.45) is 0 Å². The van der Waals surface area contributed by atoms with Gasteiger partial charge in [-0.05, 0) is 29.8 Å². The van der Waals surface area contributed by atoms with Crippen LogP contribution in [0.15, 0.2) is 48.5 Å². The molecule has 1 aliphatic heterocycles. The number of nitrogens with one attached hydrogen (secondary N) is 1. The van der Waals surface area contributed by atoms with Gasteiger partial charge in [0.15, 0.2) is 0 Å². The van der Waals surface area contributed by atoms with Crippen molar-refractivity contribution in [3.05, 3.63) is 65.5 Å². The van der Waals surface area contributed by atoms with Crippen LogP contribution in [-0.2, 0) is 11.3 Å². The van der Waals surface area contributed by atoms with Gasteiger partial charge in [0.2, 0.25) is 0 Å². The smallest absolute Gasteiger partial charge is 0.253 e. The van der Waals surface area contributed by atoms with E-state index in [1.54, 1.807) is 12.1 Å². The topological polar surface area (TPSA) is 41.6 Å². The monoisotopic (exact) mass is 314 g/mol. The second-order valence-corrected chi connectivity index (χ2v) is 5.43. The molecule has 5 heteroatoms. The second-order valence-electron chi connectivity index (χ2n) is 5.43. The highest BCUT2D eigenvalue weighted by Crippen LogP contribution is 2.21. The molecule has 0 radical (unpaired) electrons. The predicted octanol–water partition coefficient (Wildman–Crippen LogP) is 2.59. The molecule has 1 N–H and O–H groups in total. The number of carbonyl (C=O) groups excluding carboxylic acids is 1. The second kappa shape index (κ2) is 7.24. The third kappa shape index (κ3) is 3.87. The highest BCUT2D eigenvalue weighted by Gasteiger charge is 2.18. The van der Waals surface area contributed by atoms with Crippen LogP contribution in [0.5, 0.6) is 0 Å². The standard InChI is InChI=1S/C18H19FN2O2/c19-15-5-3-4-14(12-15)13-20-18(22)16-6-1-2-7-17(16)21-8-10-23-11-9-21/h1-7,12H,8-11,13H2,(H,20,22). The first-order chi connectivity index (χ1) is 11.2. The third-order valence-corrected chi connectivity index (χ3v) is 3.84. The fraction of sp³-hybridized carbons (Fsp3) is 0.278. The van der Waals surface area contributed by atoms with Gasteiger partial charge in [-0.1, -0.05) is 24.3 Å². The van der Waals surface area contributed by atoms with E-state index in [1.807, 2.05) is 24.3 Å². The van der Waals surface area contributed by atoms with Gasteiger partial charge in [-0.3, -0.25) is 4.79 Å². The lowest BCUT2D eigenvalue weighted by Crippen LogP contribution is -2.37. The maximum Gasteiger partial charge on any atom is 0.253 e. The summed E-state index contributed by atoms with van der Waals surface area (Å²) in [7, 11) is 0. The van der Waals surface area contributed by atoms with Crippen LogP contribution in [0.25, 0.3) is 0 Å². The minimum absolute atomic E-state index is 0.156. The largest absolute Gasteiger partial charge is 0.378 e. The van der Waals surface area contributed by atoms with Gasteiger partial charge in [0.05, 0.1) is 18.8 Å². The van der Waals surface area contributed by atoms with E-state index >= 15 is 0 Å². The number of ether oxygens (including phenoxy) is 1. The highest BCUT2D eigenvalue weighted by atomic mass is 19.1. The van der Waals surface area contributed by atoms with Crippen LogP contribution in [-0.4, -0.2) is 32.2 Å². The molecule has 2 aromatic rings. The van der Waals surface area contributed by atoms with Crippen molar-refractivity contribution >= 4 is 11.6 Å². The number of carbonyl (C=O) groups is 1. The first-order valence-electron chi connectivity index (χ1n) is 7.68. The summed E-state index contributed by atoms with van der Waals surface area (Å²) < 4.78 is 18.6. The Kier molecular flexibility index (Phi) is 4.88. The minimum Gasteiger partial charge on any atom is -0.378 e. The summed E-state index contributed by atoms with van der Waals surface area (Å²) >= 11 is 0. The zero-order valence-corrected chi connectivity index (χ0v) is 12.8. The number of benzene rings is 2. The molecular weight excluding hydrogens is 295 g/mol. The molecule has 1 amide bonds. The van der Waals surface area contributed by atoms with E-state index in [-0.39, 0.29) is 11.7 Å². The molecule has 3 rings (SSSR count). The van der Waals surface area contributed by atoms with Gasteiger partial charge in [-0.15, -0.1) is 0 Å². The van der Waals surface area contributed by atoms with Crippen molar-refractivity contribution in [1.29, 1.82) is 0 Å². The Balaban J connectivity index is 1.72. The Morgan fingerprint density at radius 2 is 1.91 bits per heavy atom. The molecule has 1 fully saturated rings. The summed E-state index contributed by atoms with van der Waals surface area (Å²) in [6.45, 7) is 3.18. The molecular formula is C18H19FN2O2. The number of hydrogen-bond donors (Lipinski definition) is 1. The van der Waals surface area contributed by atoms with Gasteiger partial charge < -0.3 is 15.0 Å². The molecule has 0 atom stereocenters. The number of nitrogens with zero attached hydrogens (tertiary/aromatic N) is 1. The number of amides is 1. The van der Waals surface area contributed by atoms with E-state index in [4.69, 9.17) is 4.74 Å². The number of anilines is 1. The highest BCUT2D eigenvalue weighted by molar-refractivity contribution is 5.99.